The van der Waals surface area contributed by atoms with Crippen LogP contribution in [0.1, 0.15) is 10.4 Å². The van der Waals surface area contributed by atoms with Crippen LogP contribution in [0.2, 0.25) is 15.1 Å². The fourth-order valence-electron chi connectivity index (χ4n) is 1.35. The van der Waals surface area contributed by atoms with Crippen molar-refractivity contribution >= 4 is 46.5 Å². The van der Waals surface area contributed by atoms with Crippen molar-refractivity contribution in [3.05, 3.63) is 57.2 Å². The molecule has 0 spiro atoms. The third-order valence-corrected chi connectivity index (χ3v) is 3.07. The van der Waals surface area contributed by atoms with Crippen molar-refractivity contribution in [3.8, 4) is 0 Å². The zero-order valence-corrected chi connectivity index (χ0v) is 11.7. The summed E-state index contributed by atoms with van der Waals surface area (Å²) >= 11 is 17.5. The first-order chi connectivity index (χ1) is 9.08. The number of aromatic nitrogens is 1. The van der Waals surface area contributed by atoms with Gasteiger partial charge in [-0.1, -0.05) is 40.9 Å². The van der Waals surface area contributed by atoms with Crippen LogP contribution >= 0.6 is 34.8 Å². The minimum Gasteiger partial charge on any atom is -0.282 e. The van der Waals surface area contributed by atoms with Crippen LogP contribution in [0.25, 0.3) is 0 Å². The van der Waals surface area contributed by atoms with E-state index < -0.39 is 5.91 Å². The monoisotopic (exact) mass is 315 g/mol. The van der Waals surface area contributed by atoms with E-state index in [1.54, 1.807) is 30.3 Å². The van der Waals surface area contributed by atoms with Gasteiger partial charge in [-0.2, -0.15) is 0 Å². The van der Waals surface area contributed by atoms with Gasteiger partial charge < -0.3 is 0 Å². The minimum absolute atomic E-state index is 0.201. The lowest BCUT2D eigenvalue weighted by Gasteiger charge is -2.09. The molecular weight excluding hydrogens is 309 g/mol. The fraction of sp³-hybridized carbons (Fsp3) is 0. The number of carbonyl (C=O) groups is 1. The van der Waals surface area contributed by atoms with Gasteiger partial charge in [0.05, 0.1) is 20.6 Å². The summed E-state index contributed by atoms with van der Waals surface area (Å²) < 4.78 is 0. The van der Waals surface area contributed by atoms with Gasteiger partial charge in [-0.3, -0.25) is 15.6 Å². The third-order valence-electron chi connectivity index (χ3n) is 2.22. The predicted molar refractivity (Wildman–Crippen MR) is 76.8 cm³/mol. The van der Waals surface area contributed by atoms with Gasteiger partial charge in [0.1, 0.15) is 5.82 Å². The number of anilines is 1. The first kappa shape index (κ1) is 13.9. The van der Waals surface area contributed by atoms with E-state index in [2.05, 4.69) is 15.8 Å². The zero-order chi connectivity index (χ0) is 13.8. The lowest BCUT2D eigenvalue weighted by Crippen LogP contribution is -2.30. The van der Waals surface area contributed by atoms with Crippen molar-refractivity contribution in [2.24, 2.45) is 0 Å². The van der Waals surface area contributed by atoms with Crippen LogP contribution in [0.5, 0.6) is 0 Å². The van der Waals surface area contributed by atoms with Crippen molar-refractivity contribution in [1.82, 2.24) is 10.4 Å². The molecule has 7 heteroatoms. The Bertz CT molecular complexity index is 581. The van der Waals surface area contributed by atoms with Crippen molar-refractivity contribution < 1.29 is 4.79 Å². The molecule has 0 bridgehead atoms. The van der Waals surface area contributed by atoms with Crippen molar-refractivity contribution in [2.45, 2.75) is 0 Å². The molecule has 98 valence electrons. The molecule has 0 unspecified atom stereocenters. The molecule has 0 aliphatic carbocycles. The molecule has 2 aromatic rings. The highest BCUT2D eigenvalue weighted by Crippen LogP contribution is 2.23. The number of hydrazine groups is 1. The molecule has 1 aromatic carbocycles. The average Bonchev–Trinajstić information content (AvgIpc) is 2.38. The van der Waals surface area contributed by atoms with E-state index in [4.69, 9.17) is 34.8 Å². The molecule has 0 saturated carbocycles. The summed E-state index contributed by atoms with van der Waals surface area (Å²) in [6, 6.07) is 8.10. The number of benzene rings is 1. The van der Waals surface area contributed by atoms with Gasteiger partial charge in [-0.15, -0.1) is 0 Å². The number of pyridine rings is 1. The molecule has 0 aliphatic rings. The summed E-state index contributed by atoms with van der Waals surface area (Å²) in [6.07, 6.45) is 1.46. The molecule has 2 N–H and O–H groups in total. The van der Waals surface area contributed by atoms with Gasteiger partial charge in [0.25, 0.3) is 5.91 Å². The number of halogens is 3. The number of nitrogens with one attached hydrogen (secondary N) is 2. The Labute approximate surface area is 124 Å². The van der Waals surface area contributed by atoms with E-state index in [9.17, 15) is 4.79 Å². The first-order valence-corrected chi connectivity index (χ1v) is 6.33. The van der Waals surface area contributed by atoms with E-state index in [1.165, 1.54) is 6.20 Å². The Hall–Kier alpha value is -1.49. The summed E-state index contributed by atoms with van der Waals surface area (Å²) in [4.78, 5) is 15.9. The van der Waals surface area contributed by atoms with Crippen molar-refractivity contribution in [3.63, 3.8) is 0 Å². The van der Waals surface area contributed by atoms with Crippen LogP contribution in [0, 0.1) is 0 Å². The number of carbonyl (C=O) groups excluding carboxylic acids is 1. The van der Waals surface area contributed by atoms with Crippen molar-refractivity contribution in [1.29, 1.82) is 0 Å². The molecule has 1 amide bonds. The Morgan fingerprint density at radius 2 is 1.74 bits per heavy atom. The average molecular weight is 317 g/mol. The summed E-state index contributed by atoms with van der Waals surface area (Å²) in [5, 5.41) is 1.05. The molecular formula is C12H8Cl3N3O. The van der Waals surface area contributed by atoms with E-state index in [0.717, 1.165) is 0 Å². The molecule has 0 saturated heterocycles. The molecule has 1 aromatic heterocycles. The maximum absolute atomic E-state index is 11.9. The van der Waals surface area contributed by atoms with Crippen LogP contribution in [-0.4, -0.2) is 10.9 Å². The summed E-state index contributed by atoms with van der Waals surface area (Å²) in [7, 11) is 0. The van der Waals surface area contributed by atoms with Gasteiger partial charge in [-0.25, -0.2) is 4.98 Å². The Balaban J connectivity index is 2.07. The van der Waals surface area contributed by atoms with Gasteiger partial charge in [0.2, 0.25) is 0 Å². The van der Waals surface area contributed by atoms with E-state index in [0.29, 0.717) is 10.8 Å². The highest BCUT2D eigenvalue weighted by molar-refractivity contribution is 6.39. The second-order valence-electron chi connectivity index (χ2n) is 3.54. The number of hydrogen-bond donors (Lipinski definition) is 2. The second kappa shape index (κ2) is 6.10. The van der Waals surface area contributed by atoms with Crippen LogP contribution in [0.3, 0.4) is 0 Å². The van der Waals surface area contributed by atoms with E-state index >= 15 is 0 Å². The van der Waals surface area contributed by atoms with E-state index in [-0.39, 0.29) is 15.6 Å². The topological polar surface area (TPSA) is 54.0 Å². The number of nitrogens with zero attached hydrogens (tertiary/aromatic N) is 1. The summed E-state index contributed by atoms with van der Waals surface area (Å²) in [5.74, 6) is -0.00623. The SMILES string of the molecule is O=C(NNc1ccc(Cl)cn1)c1c(Cl)cccc1Cl. The maximum atomic E-state index is 11.9. The Morgan fingerprint density at radius 1 is 1.05 bits per heavy atom. The number of hydrogen-bond acceptors (Lipinski definition) is 3. The smallest absolute Gasteiger partial charge is 0.272 e. The van der Waals surface area contributed by atoms with Gasteiger partial charge >= 0.3 is 0 Å². The lowest BCUT2D eigenvalue weighted by atomic mass is 10.2. The molecule has 0 aliphatic heterocycles. The molecule has 1 heterocycles. The Morgan fingerprint density at radius 3 is 2.32 bits per heavy atom. The van der Waals surface area contributed by atoms with Crippen LogP contribution in [-0.2, 0) is 0 Å². The number of amides is 1. The highest BCUT2D eigenvalue weighted by Gasteiger charge is 2.14. The van der Waals surface area contributed by atoms with Crippen LogP contribution in [0.4, 0.5) is 5.82 Å². The van der Waals surface area contributed by atoms with E-state index in [1.807, 2.05) is 0 Å². The summed E-state index contributed by atoms with van der Waals surface area (Å²) in [5.41, 5.74) is 5.29. The largest absolute Gasteiger partial charge is 0.282 e. The zero-order valence-electron chi connectivity index (χ0n) is 9.45. The molecule has 0 fully saturated rings. The molecule has 2 rings (SSSR count). The van der Waals surface area contributed by atoms with Crippen LogP contribution in [0.15, 0.2) is 36.5 Å². The number of rotatable bonds is 3. The predicted octanol–water partition coefficient (Wildman–Crippen LogP) is 3.80. The first-order valence-electron chi connectivity index (χ1n) is 5.20. The molecule has 0 atom stereocenters. The fourth-order valence-corrected chi connectivity index (χ4v) is 2.03. The maximum Gasteiger partial charge on any atom is 0.272 e. The summed E-state index contributed by atoms with van der Waals surface area (Å²) in [6.45, 7) is 0. The molecule has 19 heavy (non-hydrogen) atoms. The highest BCUT2D eigenvalue weighted by atomic mass is 35.5. The quantitative estimate of drug-likeness (QED) is 0.847. The third kappa shape index (κ3) is 3.50. The van der Waals surface area contributed by atoms with Gasteiger partial charge in [0, 0.05) is 6.20 Å². The normalized spacial score (nSPS) is 10.1. The lowest BCUT2D eigenvalue weighted by molar-refractivity contribution is 0.0963. The molecule has 0 radical (unpaired) electrons. The van der Waals surface area contributed by atoms with Crippen LogP contribution < -0.4 is 10.9 Å². The minimum atomic E-state index is -0.452. The second-order valence-corrected chi connectivity index (χ2v) is 4.79. The Kier molecular flexibility index (Phi) is 4.47. The van der Waals surface area contributed by atoms with Gasteiger partial charge in [-0.05, 0) is 24.3 Å². The standard InChI is InChI=1S/C12H8Cl3N3O/c13-7-4-5-10(16-6-7)17-18-12(19)11-8(14)2-1-3-9(11)15/h1-6H,(H,16,17)(H,18,19). The van der Waals surface area contributed by atoms with Gasteiger partial charge in [0.15, 0.2) is 0 Å². The van der Waals surface area contributed by atoms with Crippen molar-refractivity contribution in [2.75, 3.05) is 5.43 Å². The molecule has 4 nitrogen and oxygen atoms in total.